The lowest BCUT2D eigenvalue weighted by Crippen LogP contribution is -2.22. The molecule has 134 valence electrons. The van der Waals surface area contributed by atoms with Crippen molar-refractivity contribution in [3.63, 3.8) is 0 Å². The van der Waals surface area contributed by atoms with Crippen molar-refractivity contribution < 1.29 is 9.59 Å². The predicted octanol–water partition coefficient (Wildman–Crippen LogP) is 5.33. The van der Waals surface area contributed by atoms with Crippen LogP contribution in [0.1, 0.15) is 22.3 Å². The van der Waals surface area contributed by atoms with Crippen LogP contribution in [-0.2, 0) is 4.79 Å². The smallest absolute Gasteiger partial charge is 0.230 e. The van der Waals surface area contributed by atoms with Gasteiger partial charge in [0.1, 0.15) is 11.6 Å². The number of carbonyl (C=O) groups is 2. The quantitative estimate of drug-likeness (QED) is 0.322. The maximum absolute atomic E-state index is 12.4. The number of anilines is 2. The lowest BCUT2D eigenvalue weighted by Gasteiger charge is -2.18. The normalized spacial score (nSPS) is 11.1. The summed E-state index contributed by atoms with van der Waals surface area (Å²) in [6, 6.07) is 12.2. The van der Waals surface area contributed by atoms with Crippen LogP contribution in [0.3, 0.4) is 0 Å². The Morgan fingerprint density at radius 2 is 2.07 bits per heavy atom. The first-order valence-corrected chi connectivity index (χ1v) is 9.85. The molecule has 0 radical (unpaired) electrons. The Kier molecular flexibility index (Phi) is 5.81. The van der Waals surface area contributed by atoms with E-state index in [2.05, 4.69) is 4.98 Å². The molecule has 1 amide bonds. The summed E-state index contributed by atoms with van der Waals surface area (Å²) in [6.07, 6.45) is 1.43. The molecule has 0 fully saturated rings. The lowest BCUT2D eigenvalue weighted by atomic mass is 10.1. The van der Waals surface area contributed by atoms with Gasteiger partial charge in [-0.2, -0.15) is 5.26 Å². The Balaban J connectivity index is 1.94. The highest BCUT2D eigenvalue weighted by Crippen LogP contribution is 2.31. The standard InChI is InChI=1S/C19H12ClN3O2S2/c1-12(24)23(16-5-2-4-14(20)9-16)19-22-15(11-27-19)8-13(10-21)18(25)17-6-3-7-26-17/h2-9,11H,1H3/b13-8+. The molecule has 1 aromatic carbocycles. The second kappa shape index (κ2) is 8.27. The number of amides is 1. The molecular formula is C19H12ClN3O2S2. The minimum absolute atomic E-state index is 0.00793. The SMILES string of the molecule is CC(=O)N(c1cccc(Cl)c1)c1nc(/C=C(\C#N)C(=O)c2cccs2)cs1. The number of benzene rings is 1. The summed E-state index contributed by atoms with van der Waals surface area (Å²) >= 11 is 8.53. The number of thiophene rings is 1. The average molecular weight is 414 g/mol. The second-order valence-electron chi connectivity index (χ2n) is 5.37. The summed E-state index contributed by atoms with van der Waals surface area (Å²) in [4.78, 5) is 30.8. The first kappa shape index (κ1) is 19.0. The summed E-state index contributed by atoms with van der Waals surface area (Å²) < 4.78 is 0. The molecule has 0 aliphatic carbocycles. The van der Waals surface area contributed by atoms with Crippen molar-refractivity contribution >= 4 is 62.9 Å². The van der Waals surface area contributed by atoms with E-state index in [-0.39, 0.29) is 17.3 Å². The van der Waals surface area contributed by atoms with Crippen molar-refractivity contribution in [1.29, 1.82) is 5.26 Å². The van der Waals surface area contributed by atoms with Crippen LogP contribution in [-0.4, -0.2) is 16.7 Å². The van der Waals surface area contributed by atoms with Gasteiger partial charge in [0.2, 0.25) is 11.7 Å². The van der Waals surface area contributed by atoms with E-state index in [1.165, 1.54) is 40.6 Å². The third-order valence-corrected chi connectivity index (χ3v) is 5.43. The van der Waals surface area contributed by atoms with Crippen LogP contribution >= 0.6 is 34.3 Å². The van der Waals surface area contributed by atoms with Gasteiger partial charge < -0.3 is 0 Å². The van der Waals surface area contributed by atoms with E-state index in [0.717, 1.165) is 0 Å². The zero-order chi connectivity index (χ0) is 19.4. The van der Waals surface area contributed by atoms with Crippen LogP contribution in [0.15, 0.2) is 52.7 Å². The van der Waals surface area contributed by atoms with Crippen LogP contribution in [0.2, 0.25) is 5.02 Å². The summed E-state index contributed by atoms with van der Waals surface area (Å²) in [6.45, 7) is 1.43. The van der Waals surface area contributed by atoms with Crippen LogP contribution in [0, 0.1) is 11.3 Å². The monoisotopic (exact) mass is 413 g/mol. The molecule has 2 heterocycles. The Morgan fingerprint density at radius 3 is 2.70 bits per heavy atom. The van der Waals surface area contributed by atoms with Gasteiger partial charge >= 0.3 is 0 Å². The van der Waals surface area contributed by atoms with Crippen molar-refractivity contribution in [2.45, 2.75) is 6.92 Å². The molecule has 0 spiro atoms. The number of nitriles is 1. The van der Waals surface area contributed by atoms with Crippen LogP contribution in [0.25, 0.3) is 6.08 Å². The number of Topliss-reactive ketones (excluding diaryl/α,β-unsaturated/α-hetero) is 1. The minimum atomic E-state index is -0.347. The highest BCUT2D eigenvalue weighted by molar-refractivity contribution is 7.14. The number of halogens is 1. The number of hydrogen-bond acceptors (Lipinski definition) is 6. The molecule has 0 saturated carbocycles. The van der Waals surface area contributed by atoms with Crippen molar-refractivity contribution in [2.24, 2.45) is 0 Å². The van der Waals surface area contributed by atoms with E-state index >= 15 is 0 Å². The molecule has 2 aromatic heterocycles. The predicted molar refractivity (Wildman–Crippen MR) is 109 cm³/mol. The minimum Gasteiger partial charge on any atom is -0.287 e. The Morgan fingerprint density at radius 1 is 1.26 bits per heavy atom. The van der Waals surface area contributed by atoms with E-state index in [1.54, 1.807) is 47.2 Å². The zero-order valence-electron chi connectivity index (χ0n) is 14.0. The molecule has 0 bridgehead atoms. The maximum atomic E-state index is 12.4. The molecule has 3 aromatic rings. The topological polar surface area (TPSA) is 74.1 Å². The fraction of sp³-hybridized carbons (Fsp3) is 0.0526. The largest absolute Gasteiger partial charge is 0.287 e. The van der Waals surface area contributed by atoms with Gasteiger partial charge in [0.15, 0.2) is 5.13 Å². The molecular weight excluding hydrogens is 402 g/mol. The third-order valence-electron chi connectivity index (χ3n) is 3.48. The van der Waals surface area contributed by atoms with E-state index in [1.807, 2.05) is 6.07 Å². The van der Waals surface area contributed by atoms with Crippen LogP contribution < -0.4 is 4.90 Å². The summed E-state index contributed by atoms with van der Waals surface area (Å²) in [5.41, 5.74) is 1.02. The van der Waals surface area contributed by atoms with Crippen LogP contribution in [0.5, 0.6) is 0 Å². The van der Waals surface area contributed by atoms with E-state index in [9.17, 15) is 14.9 Å². The number of allylic oxidation sites excluding steroid dienone is 1. The highest BCUT2D eigenvalue weighted by Gasteiger charge is 2.19. The number of carbonyl (C=O) groups excluding carboxylic acids is 2. The van der Waals surface area contributed by atoms with Gasteiger partial charge in [-0.1, -0.05) is 23.7 Å². The zero-order valence-corrected chi connectivity index (χ0v) is 16.4. The fourth-order valence-corrected chi connectivity index (χ4v) is 4.03. The Hall–Kier alpha value is -2.79. The third kappa shape index (κ3) is 4.31. The first-order valence-electron chi connectivity index (χ1n) is 7.71. The maximum Gasteiger partial charge on any atom is 0.230 e. The average Bonchev–Trinajstić information content (AvgIpc) is 3.31. The molecule has 0 saturated heterocycles. The van der Waals surface area contributed by atoms with Gasteiger partial charge in [-0.05, 0) is 35.7 Å². The molecule has 5 nitrogen and oxygen atoms in total. The number of aromatic nitrogens is 1. The van der Waals surface area contributed by atoms with Crippen molar-refractivity contribution in [1.82, 2.24) is 4.98 Å². The Bertz CT molecular complexity index is 1060. The molecule has 0 N–H and O–H groups in total. The van der Waals surface area contributed by atoms with E-state index in [0.29, 0.717) is 26.4 Å². The number of nitrogens with zero attached hydrogens (tertiary/aromatic N) is 3. The first-order chi connectivity index (χ1) is 13.0. The lowest BCUT2D eigenvalue weighted by molar-refractivity contribution is -0.115. The summed E-state index contributed by atoms with van der Waals surface area (Å²) in [7, 11) is 0. The highest BCUT2D eigenvalue weighted by atomic mass is 35.5. The second-order valence-corrected chi connectivity index (χ2v) is 7.59. The van der Waals surface area contributed by atoms with Crippen molar-refractivity contribution in [3.05, 3.63) is 68.3 Å². The molecule has 0 aliphatic heterocycles. The number of hydrogen-bond donors (Lipinski definition) is 0. The van der Waals surface area contributed by atoms with E-state index < -0.39 is 0 Å². The van der Waals surface area contributed by atoms with Gasteiger partial charge in [0.05, 0.1) is 16.3 Å². The van der Waals surface area contributed by atoms with Gasteiger partial charge in [0.25, 0.3) is 0 Å². The fourth-order valence-electron chi connectivity index (χ4n) is 2.32. The molecule has 0 atom stereocenters. The van der Waals surface area contributed by atoms with Crippen molar-refractivity contribution in [2.75, 3.05) is 4.90 Å². The molecule has 27 heavy (non-hydrogen) atoms. The molecule has 3 rings (SSSR count). The van der Waals surface area contributed by atoms with E-state index in [4.69, 9.17) is 11.6 Å². The molecule has 0 aliphatic rings. The number of ketones is 1. The van der Waals surface area contributed by atoms with Gasteiger partial charge in [-0.15, -0.1) is 22.7 Å². The van der Waals surface area contributed by atoms with Gasteiger partial charge in [-0.25, -0.2) is 4.98 Å². The van der Waals surface area contributed by atoms with Gasteiger partial charge in [0, 0.05) is 17.3 Å². The molecule has 0 unspecified atom stereocenters. The van der Waals surface area contributed by atoms with Crippen molar-refractivity contribution in [3.8, 4) is 6.07 Å². The number of thiazole rings is 1. The Labute approximate surface area is 168 Å². The summed E-state index contributed by atoms with van der Waals surface area (Å²) in [5.74, 6) is -0.572. The molecule has 8 heteroatoms. The summed E-state index contributed by atoms with van der Waals surface area (Å²) in [5, 5.41) is 13.7. The van der Waals surface area contributed by atoms with Crippen LogP contribution in [0.4, 0.5) is 10.8 Å². The van der Waals surface area contributed by atoms with Gasteiger partial charge in [-0.3, -0.25) is 14.5 Å². The number of rotatable bonds is 5.